The number of methoxy groups -OCH3 is 1. The molecule has 3 aromatic heterocycles. The molecule has 0 amide bonds. The summed E-state index contributed by atoms with van der Waals surface area (Å²) in [5.41, 5.74) is 2.36. The molecule has 0 saturated heterocycles. The van der Waals surface area contributed by atoms with E-state index < -0.39 is 5.97 Å². The third-order valence-electron chi connectivity index (χ3n) is 3.52. The van der Waals surface area contributed by atoms with E-state index in [2.05, 4.69) is 15.1 Å². The van der Waals surface area contributed by atoms with Crippen molar-refractivity contribution in [2.24, 2.45) is 0 Å². The van der Waals surface area contributed by atoms with Gasteiger partial charge in [-0.1, -0.05) is 0 Å². The molecule has 0 unspecified atom stereocenters. The highest BCUT2D eigenvalue weighted by atomic mass is 16.5. The van der Waals surface area contributed by atoms with Crippen LogP contribution in [0.25, 0.3) is 17.1 Å². The molecular weight excluding hydrogens is 334 g/mol. The Morgan fingerprint density at radius 3 is 2.65 bits per heavy atom. The average Bonchev–Trinajstić information content (AvgIpc) is 3.14. The maximum atomic E-state index is 12.1. The minimum absolute atomic E-state index is 0.156. The molecule has 0 bridgehead atoms. The highest BCUT2D eigenvalue weighted by Crippen LogP contribution is 2.23. The van der Waals surface area contributed by atoms with Crippen molar-refractivity contribution in [2.45, 2.75) is 6.92 Å². The molecule has 0 fully saturated rings. The van der Waals surface area contributed by atoms with E-state index in [1.165, 1.54) is 13.3 Å². The first-order valence-corrected chi connectivity index (χ1v) is 7.80. The van der Waals surface area contributed by atoms with Gasteiger partial charge in [-0.25, -0.2) is 14.5 Å². The van der Waals surface area contributed by atoms with Gasteiger partial charge >= 0.3 is 5.97 Å². The van der Waals surface area contributed by atoms with Crippen LogP contribution in [0, 0.1) is 11.3 Å². The Bertz CT molecular complexity index is 956. The largest absolute Gasteiger partial charge is 0.481 e. The summed E-state index contributed by atoms with van der Waals surface area (Å²) >= 11 is 0. The second-order valence-electron chi connectivity index (χ2n) is 5.15. The van der Waals surface area contributed by atoms with Gasteiger partial charge in [-0.05, 0) is 25.1 Å². The minimum atomic E-state index is -0.525. The summed E-state index contributed by atoms with van der Waals surface area (Å²) in [4.78, 5) is 20.5. The van der Waals surface area contributed by atoms with E-state index in [4.69, 9.17) is 14.7 Å². The zero-order chi connectivity index (χ0) is 18.5. The molecule has 0 N–H and O–H groups in total. The Morgan fingerprint density at radius 1 is 1.23 bits per heavy atom. The highest BCUT2D eigenvalue weighted by molar-refractivity contribution is 5.88. The SMILES string of the molecule is CCOC(=O)c1cc(-c2ccc(C#N)cn2)n(-c2ccc(OC)nc2)n1. The Morgan fingerprint density at radius 2 is 2.08 bits per heavy atom. The van der Waals surface area contributed by atoms with Crippen molar-refractivity contribution in [3.63, 3.8) is 0 Å². The molecule has 0 aliphatic rings. The number of nitrogens with zero attached hydrogens (tertiary/aromatic N) is 5. The van der Waals surface area contributed by atoms with Crippen molar-refractivity contribution in [3.05, 3.63) is 54.0 Å². The molecule has 130 valence electrons. The van der Waals surface area contributed by atoms with Crippen molar-refractivity contribution in [1.29, 1.82) is 5.26 Å². The molecule has 0 atom stereocenters. The number of esters is 1. The molecule has 0 spiro atoms. The first-order valence-electron chi connectivity index (χ1n) is 7.80. The minimum Gasteiger partial charge on any atom is -0.481 e. The maximum Gasteiger partial charge on any atom is 0.358 e. The van der Waals surface area contributed by atoms with E-state index in [1.807, 2.05) is 6.07 Å². The lowest BCUT2D eigenvalue weighted by atomic mass is 10.2. The predicted molar refractivity (Wildman–Crippen MR) is 91.8 cm³/mol. The van der Waals surface area contributed by atoms with Crippen LogP contribution >= 0.6 is 0 Å². The number of carbonyl (C=O) groups is 1. The highest BCUT2D eigenvalue weighted by Gasteiger charge is 2.18. The average molecular weight is 349 g/mol. The van der Waals surface area contributed by atoms with Gasteiger partial charge in [-0.15, -0.1) is 0 Å². The summed E-state index contributed by atoms with van der Waals surface area (Å²) in [6, 6.07) is 10.4. The number of carbonyl (C=O) groups excluding carboxylic acids is 1. The Labute approximate surface area is 149 Å². The van der Waals surface area contributed by atoms with Gasteiger partial charge in [0.15, 0.2) is 5.69 Å². The molecule has 0 saturated carbocycles. The normalized spacial score (nSPS) is 10.2. The molecule has 8 heteroatoms. The molecule has 0 radical (unpaired) electrons. The topological polar surface area (TPSA) is 103 Å². The molecule has 3 rings (SSSR count). The van der Waals surface area contributed by atoms with Crippen LogP contribution in [0.4, 0.5) is 0 Å². The van der Waals surface area contributed by atoms with Gasteiger partial charge in [-0.3, -0.25) is 4.98 Å². The third-order valence-corrected chi connectivity index (χ3v) is 3.52. The van der Waals surface area contributed by atoms with E-state index >= 15 is 0 Å². The quantitative estimate of drug-likeness (QED) is 0.651. The summed E-state index contributed by atoms with van der Waals surface area (Å²) in [5.74, 6) is -0.0628. The molecule has 8 nitrogen and oxygen atoms in total. The Hall–Kier alpha value is -3.73. The van der Waals surface area contributed by atoms with Crippen LogP contribution in [0.1, 0.15) is 23.0 Å². The fourth-order valence-corrected chi connectivity index (χ4v) is 2.30. The lowest BCUT2D eigenvalue weighted by molar-refractivity contribution is 0.0519. The zero-order valence-corrected chi connectivity index (χ0v) is 14.2. The third kappa shape index (κ3) is 3.37. The summed E-state index contributed by atoms with van der Waals surface area (Å²) in [6.45, 7) is 1.98. The van der Waals surface area contributed by atoms with Crippen LogP contribution in [0.3, 0.4) is 0 Å². The molecule has 0 aliphatic heterocycles. The second kappa shape index (κ2) is 7.44. The number of nitriles is 1. The molecule has 0 aromatic carbocycles. The van der Waals surface area contributed by atoms with Gasteiger partial charge < -0.3 is 9.47 Å². The monoisotopic (exact) mass is 349 g/mol. The van der Waals surface area contributed by atoms with E-state index in [1.54, 1.807) is 48.1 Å². The van der Waals surface area contributed by atoms with Gasteiger partial charge in [0.1, 0.15) is 6.07 Å². The number of ether oxygens (including phenoxy) is 2. The number of aromatic nitrogens is 4. The van der Waals surface area contributed by atoms with Crippen LogP contribution in [0.2, 0.25) is 0 Å². The first-order chi connectivity index (χ1) is 12.7. The van der Waals surface area contributed by atoms with Crippen LogP contribution in [0.5, 0.6) is 5.88 Å². The smallest absolute Gasteiger partial charge is 0.358 e. The summed E-state index contributed by atoms with van der Waals surface area (Å²) < 4.78 is 11.6. The lowest BCUT2D eigenvalue weighted by Crippen LogP contribution is -2.07. The van der Waals surface area contributed by atoms with Crippen molar-refractivity contribution in [1.82, 2.24) is 19.7 Å². The van der Waals surface area contributed by atoms with Gasteiger partial charge in [0.25, 0.3) is 0 Å². The first kappa shape index (κ1) is 17.1. The van der Waals surface area contributed by atoms with E-state index in [0.29, 0.717) is 28.5 Å². The number of rotatable bonds is 5. The standard InChI is InChI=1S/C18H15N5O3/c1-3-26-18(24)15-8-16(14-6-4-12(9-19)10-20-14)23(22-15)13-5-7-17(25-2)21-11-13/h4-8,10-11H,3H2,1-2H3. The molecular formula is C18H15N5O3. The molecule has 3 aromatic rings. The second-order valence-corrected chi connectivity index (χ2v) is 5.15. The van der Waals surface area contributed by atoms with Crippen molar-refractivity contribution >= 4 is 5.97 Å². The maximum absolute atomic E-state index is 12.1. The van der Waals surface area contributed by atoms with Gasteiger partial charge in [0.05, 0.1) is 42.6 Å². The Balaban J connectivity index is 2.10. The number of hydrogen-bond acceptors (Lipinski definition) is 7. The van der Waals surface area contributed by atoms with Crippen LogP contribution < -0.4 is 4.74 Å². The van der Waals surface area contributed by atoms with Crippen molar-refractivity contribution in [2.75, 3.05) is 13.7 Å². The molecule has 3 heterocycles. The molecule has 0 aliphatic carbocycles. The molecule has 26 heavy (non-hydrogen) atoms. The van der Waals surface area contributed by atoms with Gasteiger partial charge in [0, 0.05) is 18.3 Å². The van der Waals surface area contributed by atoms with Crippen LogP contribution in [0.15, 0.2) is 42.7 Å². The summed E-state index contributed by atoms with van der Waals surface area (Å²) in [7, 11) is 1.53. The number of hydrogen-bond donors (Lipinski definition) is 0. The van der Waals surface area contributed by atoms with E-state index in [0.717, 1.165) is 0 Å². The lowest BCUT2D eigenvalue weighted by Gasteiger charge is -2.07. The van der Waals surface area contributed by atoms with Crippen molar-refractivity contribution < 1.29 is 14.3 Å². The summed E-state index contributed by atoms with van der Waals surface area (Å²) in [6.07, 6.45) is 3.04. The van der Waals surface area contributed by atoms with Crippen LogP contribution in [-0.2, 0) is 4.74 Å². The zero-order valence-electron chi connectivity index (χ0n) is 14.2. The van der Waals surface area contributed by atoms with Gasteiger partial charge in [0.2, 0.25) is 5.88 Å². The Kier molecular flexibility index (Phi) is 4.90. The fourth-order valence-electron chi connectivity index (χ4n) is 2.30. The van der Waals surface area contributed by atoms with E-state index in [9.17, 15) is 4.79 Å². The van der Waals surface area contributed by atoms with Crippen molar-refractivity contribution in [3.8, 4) is 29.0 Å². The summed E-state index contributed by atoms with van der Waals surface area (Å²) in [5, 5.41) is 13.3. The fraction of sp³-hybridized carbons (Fsp3) is 0.167. The van der Waals surface area contributed by atoms with E-state index in [-0.39, 0.29) is 12.3 Å². The van der Waals surface area contributed by atoms with Gasteiger partial charge in [-0.2, -0.15) is 10.4 Å². The number of pyridine rings is 2. The predicted octanol–water partition coefficient (Wildman–Crippen LogP) is 2.39. The van der Waals surface area contributed by atoms with Crippen LogP contribution in [-0.4, -0.2) is 39.4 Å².